The molecule has 0 heterocycles. The Morgan fingerprint density at radius 3 is 1.30 bits per heavy atom. The summed E-state index contributed by atoms with van der Waals surface area (Å²) >= 11 is 15.4. The van der Waals surface area contributed by atoms with Crippen molar-refractivity contribution in [3.63, 3.8) is 0 Å². The molecule has 0 aromatic heterocycles. The minimum atomic E-state index is -3.18. The number of thiol groups is 2. The van der Waals surface area contributed by atoms with E-state index in [1.807, 2.05) is 0 Å². The minimum Gasteiger partial charge on any atom is -0.194 e. The molecule has 0 rings (SSSR count). The second-order valence-electron chi connectivity index (χ2n) is 1.05. The summed E-state index contributed by atoms with van der Waals surface area (Å²) in [5.74, 6) is 0. The Hall–Kier alpha value is 2.56. The first-order valence-electron chi connectivity index (χ1n) is 1.64. The monoisotopic (exact) mass is 294 g/mol. The molecule has 2 atom stereocenters. The third-order valence-corrected chi connectivity index (χ3v) is 14.6. The lowest BCUT2D eigenvalue weighted by atomic mass is 18.9. The average molecular weight is 294 g/mol. The van der Waals surface area contributed by atoms with Crippen LogP contribution in [-0.2, 0) is 23.6 Å². The van der Waals surface area contributed by atoms with Crippen LogP contribution in [0.5, 0.6) is 0 Å². The third-order valence-electron chi connectivity index (χ3n) is 0.217. The Morgan fingerprint density at radius 1 is 1.00 bits per heavy atom. The van der Waals surface area contributed by atoms with Gasteiger partial charge in [-0.1, -0.05) is 24.5 Å². The first-order valence-corrected chi connectivity index (χ1v) is 12.7. The molecule has 0 spiro atoms. The maximum atomic E-state index is 12.4. The van der Waals surface area contributed by atoms with Crippen molar-refractivity contribution in [3.05, 3.63) is 0 Å². The predicted octanol–water partition coefficient (Wildman–Crippen LogP) is 4.62. The lowest BCUT2D eigenvalue weighted by Gasteiger charge is -2.04. The highest BCUT2D eigenvalue weighted by molar-refractivity contribution is 9.30. The van der Waals surface area contributed by atoms with E-state index in [1.54, 1.807) is 0 Å². The highest BCUT2D eigenvalue weighted by atomic mass is 33.7. The molecule has 0 saturated carbocycles. The summed E-state index contributed by atoms with van der Waals surface area (Å²) < 4.78 is 18.5. The predicted molar refractivity (Wildman–Crippen MR) is 63.9 cm³/mol. The maximum absolute atomic E-state index is 12.4. The summed E-state index contributed by atoms with van der Waals surface area (Å²) in [5, 5.41) is 0. The van der Waals surface area contributed by atoms with Crippen molar-refractivity contribution in [2.24, 2.45) is 0 Å². The molecule has 62 valence electrons. The molecular weight excluding hydrogens is 292 g/mol. The molecule has 0 amide bonds. The Labute approximate surface area is 86.1 Å². The summed E-state index contributed by atoms with van der Waals surface area (Å²) in [6.45, 7) is 0. The van der Waals surface area contributed by atoms with Gasteiger partial charge in [0.2, 0.25) is 9.50 Å². The normalized spacial score (nSPS) is 23.2. The molecule has 0 N–H and O–H groups in total. The van der Waals surface area contributed by atoms with Crippen molar-refractivity contribution in [3.8, 4) is 0 Å². The number of rotatable bonds is 3. The van der Waals surface area contributed by atoms with Crippen molar-refractivity contribution < 1.29 is 8.39 Å². The van der Waals surface area contributed by atoms with Crippen LogP contribution in [0.2, 0.25) is 0 Å². The smallest absolute Gasteiger partial charge is 0.194 e. The van der Waals surface area contributed by atoms with E-state index in [4.69, 9.17) is 0 Å². The van der Waals surface area contributed by atoms with E-state index in [0.717, 1.165) is 0 Å². The molecule has 0 nitrogen and oxygen atoms in total. The summed E-state index contributed by atoms with van der Waals surface area (Å²) in [6, 6.07) is 0. The molecular formula is H2F2P2S6. The minimum absolute atomic E-state index is 0.574. The highest BCUT2D eigenvalue weighted by Crippen LogP contribution is 2.80. The van der Waals surface area contributed by atoms with Crippen LogP contribution in [0.3, 0.4) is 0 Å². The highest BCUT2D eigenvalue weighted by Gasteiger charge is 2.17. The Kier molecular flexibility index (Phi) is 5.90. The molecule has 0 aliphatic heterocycles. The van der Waals surface area contributed by atoms with Crippen molar-refractivity contribution in [1.82, 2.24) is 0 Å². The van der Waals surface area contributed by atoms with E-state index in [2.05, 4.69) is 48.1 Å². The van der Waals surface area contributed by atoms with Gasteiger partial charge in [-0.3, -0.25) is 0 Å². The van der Waals surface area contributed by atoms with E-state index < -0.39 is 9.50 Å². The molecule has 0 bridgehead atoms. The maximum Gasteiger partial charge on any atom is 0.226 e. The van der Waals surface area contributed by atoms with Crippen LogP contribution in [0.25, 0.3) is 0 Å². The van der Waals surface area contributed by atoms with Gasteiger partial charge in [0.15, 0.2) is 0 Å². The Morgan fingerprint density at radius 2 is 1.20 bits per heavy atom. The molecule has 2 unspecified atom stereocenters. The van der Waals surface area contributed by atoms with Crippen molar-refractivity contribution >= 4 is 78.4 Å². The molecule has 0 radical (unpaired) electrons. The zero-order valence-corrected chi connectivity index (χ0v) is 11.0. The van der Waals surface area contributed by atoms with Crippen LogP contribution in [0.4, 0.5) is 8.39 Å². The van der Waals surface area contributed by atoms with Crippen molar-refractivity contribution in [1.29, 1.82) is 0 Å². The van der Waals surface area contributed by atoms with Gasteiger partial charge in [-0.15, -0.1) is 0 Å². The van der Waals surface area contributed by atoms with Gasteiger partial charge in [0.25, 0.3) is 0 Å². The molecule has 0 aliphatic rings. The van der Waals surface area contributed by atoms with Gasteiger partial charge in [-0.25, -0.2) is 0 Å². The van der Waals surface area contributed by atoms with Gasteiger partial charge in [0, 0.05) is 0 Å². The number of halogens is 2. The molecule has 0 aliphatic carbocycles. The molecule has 0 aromatic carbocycles. The quantitative estimate of drug-likeness (QED) is 0.443. The van der Waals surface area contributed by atoms with E-state index >= 15 is 0 Å². The SMILES string of the molecule is FP(=S)(S)SSP(F)(=S)S. The topological polar surface area (TPSA) is 0 Å². The summed E-state index contributed by atoms with van der Waals surface area (Å²) in [6.07, 6.45) is 0. The lowest BCUT2D eigenvalue weighted by Crippen LogP contribution is -1.43. The lowest BCUT2D eigenvalue weighted by molar-refractivity contribution is 0.928. The zero-order valence-electron chi connectivity index (χ0n) is 4.18. The van der Waals surface area contributed by atoms with Gasteiger partial charge in [0.1, 0.15) is 0 Å². The fourth-order valence-electron chi connectivity index (χ4n) is 0.0822. The van der Waals surface area contributed by atoms with Crippen LogP contribution >= 0.6 is 54.8 Å². The fraction of sp³-hybridized carbons (Fsp3) is 0. The second kappa shape index (κ2) is 4.70. The average Bonchev–Trinajstić information content (AvgIpc) is 1.57. The van der Waals surface area contributed by atoms with Crippen LogP contribution in [0.1, 0.15) is 0 Å². The van der Waals surface area contributed by atoms with E-state index in [1.165, 1.54) is 0 Å². The first-order chi connectivity index (χ1) is 4.21. The van der Waals surface area contributed by atoms with Gasteiger partial charge in [-0.2, -0.15) is 8.39 Å². The molecule has 10 heteroatoms. The largest absolute Gasteiger partial charge is 0.226 e. The molecule has 0 fully saturated rings. The van der Waals surface area contributed by atoms with Gasteiger partial charge < -0.3 is 0 Å². The van der Waals surface area contributed by atoms with Gasteiger partial charge in [0.05, 0.1) is 0 Å². The fourth-order valence-corrected chi connectivity index (χ4v) is 15.9. The van der Waals surface area contributed by atoms with Crippen LogP contribution < -0.4 is 0 Å². The van der Waals surface area contributed by atoms with Crippen LogP contribution in [-0.4, -0.2) is 0 Å². The summed E-state index contributed by atoms with van der Waals surface area (Å²) in [4.78, 5) is 0. The summed E-state index contributed by atoms with van der Waals surface area (Å²) in [5.41, 5.74) is 0. The van der Waals surface area contributed by atoms with Crippen molar-refractivity contribution in [2.45, 2.75) is 0 Å². The first kappa shape index (κ1) is 12.6. The Balaban J connectivity index is 3.79. The number of hydrogen-bond donors (Lipinski definition) is 2. The second-order valence-corrected chi connectivity index (χ2v) is 20.7. The summed E-state index contributed by atoms with van der Waals surface area (Å²) in [7, 11) is 1.15. The standard InChI is InChI=1S/F2H2P2S6/c1-3(5,6)9-10-4(2,7)8/h(H,5,6)(H,7,8). The van der Waals surface area contributed by atoms with Crippen LogP contribution in [0, 0.1) is 0 Å². The molecule has 10 heavy (non-hydrogen) atoms. The van der Waals surface area contributed by atoms with E-state index in [9.17, 15) is 8.39 Å². The third kappa shape index (κ3) is 10.6. The molecule has 0 aromatic rings. The Bertz CT molecular complexity index is 164. The van der Waals surface area contributed by atoms with Gasteiger partial charge >= 0.3 is 0 Å². The van der Waals surface area contributed by atoms with E-state index in [-0.39, 0.29) is 0 Å². The van der Waals surface area contributed by atoms with E-state index in [0.29, 0.717) is 20.8 Å². The van der Waals surface area contributed by atoms with Gasteiger partial charge in [-0.05, 0) is 44.4 Å². The van der Waals surface area contributed by atoms with Crippen LogP contribution in [0.15, 0.2) is 0 Å². The molecule has 0 saturated heterocycles. The zero-order chi connectivity index (χ0) is 8.41. The number of hydrogen-bond acceptors (Lipinski definition) is 4. The van der Waals surface area contributed by atoms with Crippen molar-refractivity contribution in [2.75, 3.05) is 0 Å².